The van der Waals surface area contributed by atoms with Gasteiger partial charge in [-0.1, -0.05) is 6.92 Å². The molecule has 0 aromatic carbocycles. The fourth-order valence-electron chi connectivity index (χ4n) is 2.76. The summed E-state index contributed by atoms with van der Waals surface area (Å²) in [6.45, 7) is 2.84. The van der Waals surface area contributed by atoms with Crippen LogP contribution in [-0.2, 0) is 6.54 Å². The van der Waals surface area contributed by atoms with Crippen LogP contribution in [-0.4, -0.2) is 59.6 Å². The van der Waals surface area contributed by atoms with E-state index >= 15 is 0 Å². The largest absolute Gasteiger partial charge is 0.401 e. The summed E-state index contributed by atoms with van der Waals surface area (Å²) in [4.78, 5) is 19.6. The van der Waals surface area contributed by atoms with E-state index in [2.05, 4.69) is 4.98 Å². The second-order valence-corrected chi connectivity index (χ2v) is 6.62. The molecular formula is C14H23Cl2F3N4OS. The van der Waals surface area contributed by atoms with Crippen molar-refractivity contribution in [3.8, 4) is 0 Å². The van der Waals surface area contributed by atoms with Crippen molar-refractivity contribution in [1.29, 1.82) is 0 Å². The predicted octanol–water partition coefficient (Wildman–Crippen LogP) is 2.79. The van der Waals surface area contributed by atoms with Crippen molar-refractivity contribution in [2.45, 2.75) is 26.1 Å². The van der Waals surface area contributed by atoms with Gasteiger partial charge in [0.25, 0.3) is 5.91 Å². The Morgan fingerprint density at radius 1 is 1.48 bits per heavy atom. The fraction of sp³-hybridized carbons (Fsp3) is 0.714. The summed E-state index contributed by atoms with van der Waals surface area (Å²) in [7, 11) is 0. The lowest BCUT2D eigenvalue weighted by Gasteiger charge is -2.25. The first-order valence-corrected chi connectivity index (χ1v) is 8.43. The normalized spacial score (nSPS) is 17.4. The van der Waals surface area contributed by atoms with Gasteiger partial charge in [-0.15, -0.1) is 36.2 Å². The number of amides is 1. The zero-order valence-electron chi connectivity index (χ0n) is 13.8. The third-order valence-electron chi connectivity index (χ3n) is 3.89. The van der Waals surface area contributed by atoms with Gasteiger partial charge in [0.05, 0.1) is 6.54 Å². The van der Waals surface area contributed by atoms with E-state index in [1.54, 1.807) is 17.2 Å². The van der Waals surface area contributed by atoms with Gasteiger partial charge in [0.1, 0.15) is 10.7 Å². The third-order valence-corrected chi connectivity index (χ3v) is 4.76. The molecule has 0 saturated carbocycles. The third kappa shape index (κ3) is 7.26. The Morgan fingerprint density at radius 2 is 2.16 bits per heavy atom. The van der Waals surface area contributed by atoms with E-state index in [0.717, 1.165) is 0 Å². The van der Waals surface area contributed by atoms with Crippen LogP contribution >= 0.6 is 36.2 Å². The summed E-state index contributed by atoms with van der Waals surface area (Å²) in [6, 6.07) is 0. The number of aromatic nitrogens is 1. The highest BCUT2D eigenvalue weighted by Crippen LogP contribution is 2.23. The van der Waals surface area contributed by atoms with Crippen molar-refractivity contribution in [3.05, 3.63) is 16.1 Å². The van der Waals surface area contributed by atoms with E-state index in [0.29, 0.717) is 49.8 Å². The lowest BCUT2D eigenvalue weighted by Crippen LogP contribution is -2.38. The Balaban J connectivity index is 0.00000288. The van der Waals surface area contributed by atoms with Crippen LogP contribution in [0.5, 0.6) is 0 Å². The highest BCUT2D eigenvalue weighted by molar-refractivity contribution is 7.09. The quantitative estimate of drug-likeness (QED) is 0.765. The van der Waals surface area contributed by atoms with E-state index in [4.69, 9.17) is 5.73 Å². The zero-order chi connectivity index (χ0) is 17.0. The molecule has 1 aliphatic rings. The SMILES string of the molecule is CCN(CC1CCN(C(=O)c2csc(CN)n2)C1)CC(F)(F)F.Cl.Cl. The van der Waals surface area contributed by atoms with Gasteiger partial charge < -0.3 is 10.6 Å². The molecule has 1 aromatic rings. The average Bonchev–Trinajstić information content (AvgIpc) is 3.13. The molecule has 146 valence electrons. The Morgan fingerprint density at radius 3 is 2.68 bits per heavy atom. The minimum Gasteiger partial charge on any atom is -0.337 e. The van der Waals surface area contributed by atoms with Gasteiger partial charge in [-0.2, -0.15) is 13.2 Å². The highest BCUT2D eigenvalue weighted by atomic mass is 35.5. The number of alkyl halides is 3. The van der Waals surface area contributed by atoms with Crippen LogP contribution in [0.25, 0.3) is 0 Å². The standard InChI is InChI=1S/C14H21F3N4OS.2ClH/c1-2-20(9-14(15,16)17)6-10-3-4-21(7-10)13(22)11-8-23-12(5-18)19-11;;/h8,10H,2-7,9,18H2,1H3;2*1H. The topological polar surface area (TPSA) is 62.5 Å². The monoisotopic (exact) mass is 422 g/mol. The Bertz CT molecular complexity index is 544. The summed E-state index contributed by atoms with van der Waals surface area (Å²) in [5.41, 5.74) is 5.86. The van der Waals surface area contributed by atoms with Crippen LogP contribution in [0.15, 0.2) is 5.38 Å². The van der Waals surface area contributed by atoms with Crippen LogP contribution in [0.2, 0.25) is 0 Å². The number of rotatable bonds is 6. The molecule has 1 aliphatic heterocycles. The number of nitrogens with zero attached hydrogens (tertiary/aromatic N) is 3. The maximum Gasteiger partial charge on any atom is 0.401 e. The number of likely N-dealkylation sites (tertiary alicyclic amines) is 1. The van der Waals surface area contributed by atoms with Crippen molar-refractivity contribution in [3.63, 3.8) is 0 Å². The van der Waals surface area contributed by atoms with Gasteiger partial charge >= 0.3 is 6.18 Å². The van der Waals surface area contributed by atoms with Crippen molar-refractivity contribution >= 4 is 42.1 Å². The van der Waals surface area contributed by atoms with Crippen LogP contribution in [0.3, 0.4) is 0 Å². The molecule has 1 saturated heterocycles. The van der Waals surface area contributed by atoms with Crippen molar-refractivity contribution in [2.24, 2.45) is 11.7 Å². The minimum absolute atomic E-state index is 0. The summed E-state index contributed by atoms with van der Waals surface area (Å²) in [5, 5.41) is 2.38. The van der Waals surface area contributed by atoms with E-state index in [9.17, 15) is 18.0 Å². The van der Waals surface area contributed by atoms with Gasteiger partial charge in [-0.3, -0.25) is 9.69 Å². The first kappa shape index (κ1) is 24.4. The molecule has 1 amide bonds. The molecule has 5 nitrogen and oxygen atoms in total. The van der Waals surface area contributed by atoms with Crippen LogP contribution in [0.1, 0.15) is 28.8 Å². The Labute approximate surface area is 161 Å². The van der Waals surface area contributed by atoms with E-state index in [1.807, 2.05) is 0 Å². The molecule has 25 heavy (non-hydrogen) atoms. The first-order valence-electron chi connectivity index (χ1n) is 7.55. The molecule has 0 aliphatic carbocycles. The average molecular weight is 423 g/mol. The molecule has 0 bridgehead atoms. The van der Waals surface area contributed by atoms with Gasteiger partial charge in [-0.25, -0.2) is 4.98 Å². The molecule has 2 N–H and O–H groups in total. The highest BCUT2D eigenvalue weighted by Gasteiger charge is 2.33. The first-order chi connectivity index (χ1) is 10.8. The van der Waals surface area contributed by atoms with E-state index in [1.165, 1.54) is 16.2 Å². The zero-order valence-corrected chi connectivity index (χ0v) is 16.2. The van der Waals surface area contributed by atoms with Crippen LogP contribution in [0.4, 0.5) is 13.2 Å². The molecule has 0 radical (unpaired) electrons. The lowest BCUT2D eigenvalue weighted by atomic mass is 10.1. The molecule has 1 atom stereocenters. The van der Waals surface area contributed by atoms with Crippen molar-refractivity contribution in [1.82, 2.24) is 14.8 Å². The number of carbonyl (C=O) groups excluding carboxylic acids is 1. The molecular weight excluding hydrogens is 400 g/mol. The number of nitrogens with two attached hydrogens (primary N) is 1. The second-order valence-electron chi connectivity index (χ2n) is 5.68. The smallest absolute Gasteiger partial charge is 0.337 e. The number of hydrogen-bond acceptors (Lipinski definition) is 5. The predicted molar refractivity (Wildman–Crippen MR) is 96.7 cm³/mol. The molecule has 2 heterocycles. The van der Waals surface area contributed by atoms with Crippen LogP contribution < -0.4 is 5.73 Å². The molecule has 11 heteroatoms. The number of hydrogen-bond donors (Lipinski definition) is 1. The fourth-order valence-corrected chi connectivity index (χ4v) is 3.40. The minimum atomic E-state index is -4.19. The van der Waals surface area contributed by atoms with E-state index < -0.39 is 12.7 Å². The van der Waals surface area contributed by atoms with Gasteiger partial charge in [0.2, 0.25) is 0 Å². The second kappa shape index (κ2) is 10.5. The van der Waals surface area contributed by atoms with Crippen LogP contribution in [0, 0.1) is 5.92 Å². The number of carbonyl (C=O) groups is 1. The van der Waals surface area contributed by atoms with E-state index in [-0.39, 0.29) is 36.6 Å². The lowest BCUT2D eigenvalue weighted by molar-refractivity contribution is -0.146. The Kier molecular flexibility index (Phi) is 10.3. The van der Waals surface area contributed by atoms with Gasteiger partial charge in [0, 0.05) is 31.6 Å². The summed E-state index contributed by atoms with van der Waals surface area (Å²) < 4.78 is 37.5. The molecule has 1 fully saturated rings. The molecule has 1 aromatic heterocycles. The summed E-state index contributed by atoms with van der Waals surface area (Å²) in [6.07, 6.45) is -3.47. The summed E-state index contributed by atoms with van der Waals surface area (Å²) >= 11 is 1.34. The molecule has 2 rings (SSSR count). The van der Waals surface area contributed by atoms with Gasteiger partial charge in [0.15, 0.2) is 0 Å². The van der Waals surface area contributed by atoms with Gasteiger partial charge in [-0.05, 0) is 18.9 Å². The number of thiazole rings is 1. The maximum absolute atomic E-state index is 12.5. The van der Waals surface area contributed by atoms with Crippen molar-refractivity contribution in [2.75, 3.05) is 32.7 Å². The Hall–Kier alpha value is -0.610. The maximum atomic E-state index is 12.5. The molecule has 1 unspecified atom stereocenters. The van der Waals surface area contributed by atoms with Crippen molar-refractivity contribution < 1.29 is 18.0 Å². The number of halogens is 5. The summed E-state index contributed by atoms with van der Waals surface area (Å²) in [5.74, 6) is -0.101. The molecule has 0 spiro atoms.